The zero-order chi connectivity index (χ0) is 28.2. The number of aliphatic hydroxyl groups is 1. The summed E-state index contributed by atoms with van der Waals surface area (Å²) in [6, 6.07) is 0. The molecule has 7 heteroatoms. The molecule has 5 aliphatic rings. The minimum atomic E-state index is -0.0684. The maximum Gasteiger partial charge on any atom is 0.257 e. The van der Waals surface area contributed by atoms with Gasteiger partial charge in [0.2, 0.25) is 5.91 Å². The maximum absolute atomic E-state index is 13.2. The van der Waals surface area contributed by atoms with Crippen molar-refractivity contribution in [2.75, 3.05) is 26.2 Å². The van der Waals surface area contributed by atoms with Crippen LogP contribution in [0.3, 0.4) is 0 Å². The van der Waals surface area contributed by atoms with Crippen molar-refractivity contribution in [2.45, 2.75) is 97.5 Å². The summed E-state index contributed by atoms with van der Waals surface area (Å²) in [5.41, 5.74) is 1.47. The number of piperazine rings is 1. The van der Waals surface area contributed by atoms with Crippen LogP contribution in [0.15, 0.2) is 12.4 Å². The SMILES string of the molecule is CC(CCC(=O)N1CCN(C(=O)c2cnn(C)c2)CC1)[C@H]1CC[C@H]2[C@@H]3CC[C@H]4C[C@@H](O)CC[C@]4(C)[C@H]3CC[C@]12C. The van der Waals surface area contributed by atoms with E-state index in [0.29, 0.717) is 54.9 Å². The summed E-state index contributed by atoms with van der Waals surface area (Å²) < 4.78 is 1.65. The van der Waals surface area contributed by atoms with Crippen molar-refractivity contribution in [1.82, 2.24) is 19.6 Å². The van der Waals surface area contributed by atoms with Gasteiger partial charge in [0.05, 0.1) is 17.9 Å². The third kappa shape index (κ3) is 4.82. The van der Waals surface area contributed by atoms with E-state index in [-0.39, 0.29) is 17.9 Å². The summed E-state index contributed by atoms with van der Waals surface area (Å²) in [4.78, 5) is 29.8. The third-order valence-corrected chi connectivity index (χ3v) is 13.1. The summed E-state index contributed by atoms with van der Waals surface area (Å²) in [7, 11) is 1.82. The Morgan fingerprint density at radius 2 is 1.68 bits per heavy atom. The quantitative estimate of drug-likeness (QED) is 0.549. The molecule has 0 radical (unpaired) electrons. The molecule has 6 rings (SSSR count). The van der Waals surface area contributed by atoms with Gasteiger partial charge in [0.25, 0.3) is 5.91 Å². The number of aromatic nitrogens is 2. The van der Waals surface area contributed by atoms with Gasteiger partial charge in [0.15, 0.2) is 0 Å². The van der Waals surface area contributed by atoms with Crippen LogP contribution in [-0.4, -0.2) is 68.8 Å². The fourth-order valence-electron chi connectivity index (χ4n) is 10.8. The highest BCUT2D eigenvalue weighted by molar-refractivity contribution is 5.94. The summed E-state index contributed by atoms with van der Waals surface area (Å²) in [5, 5.41) is 14.5. The second-order valence-corrected chi connectivity index (χ2v) is 14.9. The second-order valence-electron chi connectivity index (χ2n) is 14.9. The first-order valence-electron chi connectivity index (χ1n) is 16.3. The van der Waals surface area contributed by atoms with Gasteiger partial charge in [0.1, 0.15) is 0 Å². The number of amides is 2. The maximum atomic E-state index is 13.2. The molecule has 2 amide bonds. The highest BCUT2D eigenvalue weighted by Crippen LogP contribution is 2.68. The number of fused-ring (bicyclic) bond motifs is 5. The molecule has 4 aliphatic carbocycles. The van der Waals surface area contributed by atoms with Crippen molar-refractivity contribution >= 4 is 11.8 Å². The van der Waals surface area contributed by atoms with Gasteiger partial charge in [0, 0.05) is 45.8 Å². The minimum absolute atomic E-state index is 0.0103. The molecule has 40 heavy (non-hydrogen) atoms. The van der Waals surface area contributed by atoms with E-state index in [1.54, 1.807) is 17.1 Å². The molecule has 1 aromatic heterocycles. The van der Waals surface area contributed by atoms with Crippen molar-refractivity contribution in [3.05, 3.63) is 18.0 Å². The van der Waals surface area contributed by atoms with Crippen molar-refractivity contribution in [3.8, 4) is 0 Å². The summed E-state index contributed by atoms with van der Waals surface area (Å²) in [5.74, 6) is 4.82. The fraction of sp³-hybridized carbons (Fsp3) is 0.848. The highest BCUT2D eigenvalue weighted by Gasteiger charge is 2.60. The average molecular weight is 553 g/mol. The molecule has 0 aromatic carbocycles. The Morgan fingerprint density at radius 3 is 2.40 bits per heavy atom. The van der Waals surface area contributed by atoms with Crippen LogP contribution in [-0.2, 0) is 11.8 Å². The Labute approximate surface area is 241 Å². The van der Waals surface area contributed by atoms with Crippen LogP contribution in [0.5, 0.6) is 0 Å². The lowest BCUT2D eigenvalue weighted by Gasteiger charge is -2.61. The molecule has 4 saturated carbocycles. The van der Waals surface area contributed by atoms with E-state index in [2.05, 4.69) is 25.9 Å². The standard InChI is InChI=1S/C33H52N4O3/c1-22(5-10-30(39)36-15-17-37(18-16-36)31(40)23-20-34-35(4)21-23)27-8-9-28-26-7-6-24-19-25(38)11-13-32(24,2)29(26)12-14-33(27,28)3/h20-22,24-29,38H,5-19H2,1-4H3/t22?,24-,25-,26-,27+,28-,29-,32-,33+/m0/s1. The van der Waals surface area contributed by atoms with Gasteiger partial charge >= 0.3 is 0 Å². The van der Waals surface area contributed by atoms with Crippen LogP contribution in [0.2, 0.25) is 0 Å². The zero-order valence-electron chi connectivity index (χ0n) is 25.4. The smallest absolute Gasteiger partial charge is 0.257 e. The molecule has 1 saturated heterocycles. The van der Waals surface area contributed by atoms with Crippen molar-refractivity contribution in [3.63, 3.8) is 0 Å². The van der Waals surface area contributed by atoms with E-state index < -0.39 is 0 Å². The van der Waals surface area contributed by atoms with E-state index in [0.717, 1.165) is 48.9 Å². The summed E-state index contributed by atoms with van der Waals surface area (Å²) in [6.45, 7) is 10.1. The fourth-order valence-corrected chi connectivity index (χ4v) is 10.8. The van der Waals surface area contributed by atoms with Gasteiger partial charge in [-0.2, -0.15) is 5.10 Å². The zero-order valence-corrected chi connectivity index (χ0v) is 25.4. The van der Waals surface area contributed by atoms with Crippen LogP contribution in [0.25, 0.3) is 0 Å². The first-order chi connectivity index (χ1) is 19.1. The predicted octanol–water partition coefficient (Wildman–Crippen LogP) is 5.14. The van der Waals surface area contributed by atoms with Gasteiger partial charge in [-0.05, 0) is 111 Å². The topological polar surface area (TPSA) is 78.7 Å². The Balaban J connectivity index is 1.01. The third-order valence-electron chi connectivity index (χ3n) is 13.1. The van der Waals surface area contributed by atoms with Crippen LogP contribution in [0.1, 0.15) is 102 Å². The van der Waals surface area contributed by atoms with E-state index in [1.807, 2.05) is 16.8 Å². The normalized spacial score (nSPS) is 40.2. The average Bonchev–Trinajstić information content (AvgIpc) is 3.54. The largest absolute Gasteiger partial charge is 0.393 e. The van der Waals surface area contributed by atoms with Gasteiger partial charge in [-0.15, -0.1) is 0 Å². The van der Waals surface area contributed by atoms with Crippen LogP contribution in [0, 0.1) is 46.3 Å². The lowest BCUT2D eigenvalue weighted by molar-refractivity contribution is -0.134. The van der Waals surface area contributed by atoms with Crippen molar-refractivity contribution in [1.29, 1.82) is 0 Å². The van der Waals surface area contributed by atoms with E-state index in [1.165, 1.54) is 44.9 Å². The Bertz CT molecular complexity index is 1100. The lowest BCUT2D eigenvalue weighted by Crippen LogP contribution is -2.54. The Morgan fingerprint density at radius 1 is 0.975 bits per heavy atom. The number of hydrogen-bond donors (Lipinski definition) is 1. The van der Waals surface area contributed by atoms with Gasteiger partial charge < -0.3 is 14.9 Å². The first kappa shape index (κ1) is 28.2. The Hall–Kier alpha value is -1.89. The van der Waals surface area contributed by atoms with E-state index >= 15 is 0 Å². The molecule has 0 spiro atoms. The molecule has 5 fully saturated rings. The number of carbonyl (C=O) groups excluding carboxylic acids is 2. The number of aliphatic hydroxyl groups excluding tert-OH is 1. The van der Waals surface area contributed by atoms with Gasteiger partial charge in [-0.3, -0.25) is 14.3 Å². The number of hydrogen-bond acceptors (Lipinski definition) is 4. The molecule has 1 aliphatic heterocycles. The molecular formula is C33H52N4O3. The van der Waals surface area contributed by atoms with Crippen LogP contribution in [0.4, 0.5) is 0 Å². The first-order valence-corrected chi connectivity index (χ1v) is 16.3. The molecule has 1 N–H and O–H groups in total. The number of aryl methyl sites for hydroxylation is 1. The number of nitrogens with zero attached hydrogens (tertiary/aromatic N) is 4. The molecule has 7 nitrogen and oxygen atoms in total. The van der Waals surface area contributed by atoms with Crippen molar-refractivity contribution < 1.29 is 14.7 Å². The molecular weight excluding hydrogens is 500 g/mol. The molecule has 2 heterocycles. The second kappa shape index (κ2) is 10.7. The van der Waals surface area contributed by atoms with Crippen molar-refractivity contribution in [2.24, 2.45) is 53.4 Å². The van der Waals surface area contributed by atoms with Gasteiger partial charge in [-0.25, -0.2) is 0 Å². The Kier molecular flexibility index (Phi) is 7.59. The number of carbonyl (C=O) groups is 2. The van der Waals surface area contributed by atoms with Crippen LogP contribution >= 0.6 is 0 Å². The minimum Gasteiger partial charge on any atom is -0.393 e. The summed E-state index contributed by atoms with van der Waals surface area (Å²) >= 11 is 0. The monoisotopic (exact) mass is 552 g/mol. The van der Waals surface area contributed by atoms with Gasteiger partial charge in [-0.1, -0.05) is 20.8 Å². The molecule has 1 aromatic rings. The summed E-state index contributed by atoms with van der Waals surface area (Å²) in [6.07, 6.45) is 16.3. The number of rotatable bonds is 5. The molecule has 9 atom stereocenters. The highest BCUT2D eigenvalue weighted by atomic mass is 16.3. The lowest BCUT2D eigenvalue weighted by atomic mass is 9.44. The predicted molar refractivity (Wildman–Crippen MR) is 155 cm³/mol. The van der Waals surface area contributed by atoms with Crippen LogP contribution < -0.4 is 0 Å². The molecule has 0 bridgehead atoms. The molecule has 222 valence electrons. The van der Waals surface area contributed by atoms with E-state index in [9.17, 15) is 14.7 Å². The molecule has 1 unspecified atom stereocenters. The van der Waals surface area contributed by atoms with E-state index in [4.69, 9.17) is 0 Å².